The number of carbonyl (C=O) groups excluding carboxylic acids is 1. The van der Waals surface area contributed by atoms with Crippen LogP contribution < -0.4 is 0 Å². The van der Waals surface area contributed by atoms with Gasteiger partial charge in [0, 0.05) is 38.0 Å². The number of hydrogen-bond donors (Lipinski definition) is 0. The number of sulfone groups is 1. The molecule has 124 valence electrons. The molecule has 2 amide bonds. The summed E-state index contributed by atoms with van der Waals surface area (Å²) in [7, 11) is -3.18. The van der Waals surface area contributed by atoms with Crippen LogP contribution in [0.15, 0.2) is 23.3 Å². The number of carbonyl (C=O) groups is 1. The monoisotopic (exact) mass is 343 g/mol. The van der Waals surface area contributed by atoms with Gasteiger partial charge in [0.2, 0.25) is 0 Å². The minimum absolute atomic E-state index is 0.105. The highest BCUT2D eigenvalue weighted by atomic mass is 32.2. The summed E-state index contributed by atoms with van der Waals surface area (Å²) in [5.41, 5.74) is 0.313. The van der Waals surface area contributed by atoms with E-state index in [1.807, 2.05) is 0 Å². The molecule has 1 unspecified atom stereocenters. The molecule has 2 heterocycles. The fourth-order valence-corrected chi connectivity index (χ4v) is 3.55. The van der Waals surface area contributed by atoms with Crippen molar-refractivity contribution < 1.29 is 22.0 Å². The average molecular weight is 343 g/mol. The van der Waals surface area contributed by atoms with Crippen LogP contribution in [0.25, 0.3) is 0 Å². The van der Waals surface area contributed by atoms with Gasteiger partial charge in [0.05, 0.1) is 11.3 Å². The van der Waals surface area contributed by atoms with Gasteiger partial charge in [-0.3, -0.25) is 0 Å². The Morgan fingerprint density at radius 3 is 2.39 bits per heavy atom. The Bertz CT molecular complexity index is 755. The van der Waals surface area contributed by atoms with E-state index in [9.17, 15) is 22.0 Å². The predicted octanol–water partition coefficient (Wildman–Crippen LogP) is 1.55. The molecular weight excluding hydrogens is 328 g/mol. The lowest BCUT2D eigenvalue weighted by Gasteiger charge is -2.40. The lowest BCUT2D eigenvalue weighted by Crippen LogP contribution is -2.59. The third-order valence-corrected chi connectivity index (χ3v) is 5.53. The molecule has 9 heteroatoms. The van der Waals surface area contributed by atoms with Gasteiger partial charge in [-0.1, -0.05) is 0 Å². The van der Waals surface area contributed by atoms with E-state index >= 15 is 0 Å². The van der Waals surface area contributed by atoms with Crippen molar-refractivity contribution in [3.8, 4) is 0 Å². The molecule has 0 spiro atoms. The SMILES string of the molecule is CS(=O)(=O)C1CN(C(=O)N2N=CCC2c2cc(F)cc(F)c2)C1. The van der Waals surface area contributed by atoms with Crippen LogP contribution in [0.1, 0.15) is 18.0 Å². The fourth-order valence-electron chi connectivity index (χ4n) is 2.65. The summed E-state index contributed by atoms with van der Waals surface area (Å²) in [6.45, 7) is 0.210. The molecule has 0 aliphatic carbocycles. The second-order valence-electron chi connectivity index (χ2n) is 5.74. The van der Waals surface area contributed by atoms with Crippen molar-refractivity contribution in [2.75, 3.05) is 19.3 Å². The maximum atomic E-state index is 13.4. The van der Waals surface area contributed by atoms with Gasteiger partial charge in [-0.25, -0.2) is 27.0 Å². The number of nitrogens with zero attached hydrogens (tertiary/aromatic N) is 3. The van der Waals surface area contributed by atoms with Gasteiger partial charge in [-0.05, 0) is 17.7 Å². The minimum Gasteiger partial charge on any atom is -0.320 e. The average Bonchev–Trinajstić information content (AvgIpc) is 2.82. The lowest BCUT2D eigenvalue weighted by molar-refractivity contribution is 0.119. The summed E-state index contributed by atoms with van der Waals surface area (Å²) in [5.74, 6) is -1.44. The standard InChI is InChI=1S/C14H15F2N3O3S/c1-23(21,22)12-7-18(8-12)14(20)19-13(2-3-17-19)9-4-10(15)6-11(16)5-9/h3-6,12-13H,2,7-8H2,1H3. The van der Waals surface area contributed by atoms with Crippen molar-refractivity contribution in [3.05, 3.63) is 35.4 Å². The van der Waals surface area contributed by atoms with Gasteiger partial charge < -0.3 is 4.90 Å². The molecule has 0 bridgehead atoms. The molecule has 3 rings (SSSR count). The first-order valence-corrected chi connectivity index (χ1v) is 8.96. The van der Waals surface area contributed by atoms with Crippen molar-refractivity contribution in [3.63, 3.8) is 0 Å². The first-order chi connectivity index (χ1) is 10.8. The van der Waals surface area contributed by atoms with Gasteiger partial charge in [0.25, 0.3) is 0 Å². The van der Waals surface area contributed by atoms with Crippen LogP contribution >= 0.6 is 0 Å². The van der Waals surface area contributed by atoms with E-state index < -0.39 is 38.8 Å². The number of hydrogen-bond acceptors (Lipinski definition) is 4. The number of hydrazone groups is 1. The van der Waals surface area contributed by atoms with Crippen molar-refractivity contribution >= 4 is 22.1 Å². The number of urea groups is 1. The number of benzene rings is 1. The normalized spacial score (nSPS) is 21.6. The molecule has 2 aliphatic rings. The Labute approximate surface area is 132 Å². The van der Waals surface area contributed by atoms with E-state index in [1.165, 1.54) is 11.1 Å². The van der Waals surface area contributed by atoms with Crippen molar-refractivity contribution in [1.82, 2.24) is 9.91 Å². The molecule has 0 N–H and O–H groups in total. The van der Waals surface area contributed by atoms with Gasteiger partial charge in [0.15, 0.2) is 9.84 Å². The Balaban J connectivity index is 1.74. The number of amides is 2. The zero-order valence-electron chi connectivity index (χ0n) is 12.3. The van der Waals surface area contributed by atoms with Crippen LogP contribution in [0.5, 0.6) is 0 Å². The highest BCUT2D eigenvalue weighted by molar-refractivity contribution is 7.91. The predicted molar refractivity (Wildman–Crippen MR) is 79.6 cm³/mol. The molecule has 1 fully saturated rings. The molecule has 0 saturated carbocycles. The second kappa shape index (κ2) is 5.55. The van der Waals surface area contributed by atoms with E-state index in [0.29, 0.717) is 12.0 Å². The summed E-state index contributed by atoms with van der Waals surface area (Å²) in [6, 6.07) is 2.03. The maximum absolute atomic E-state index is 13.4. The second-order valence-corrected chi connectivity index (χ2v) is 8.06. The Kier molecular flexibility index (Phi) is 3.83. The highest BCUT2D eigenvalue weighted by Gasteiger charge is 2.41. The minimum atomic E-state index is -3.18. The number of rotatable bonds is 2. The van der Waals surface area contributed by atoms with E-state index in [0.717, 1.165) is 29.5 Å². The van der Waals surface area contributed by atoms with E-state index in [1.54, 1.807) is 0 Å². The molecule has 1 saturated heterocycles. The van der Waals surface area contributed by atoms with E-state index in [2.05, 4.69) is 5.10 Å². The Morgan fingerprint density at radius 2 is 1.83 bits per heavy atom. The Hall–Kier alpha value is -2.03. The summed E-state index contributed by atoms with van der Waals surface area (Å²) < 4.78 is 49.5. The third-order valence-electron chi connectivity index (χ3n) is 4.02. The van der Waals surface area contributed by atoms with E-state index in [-0.39, 0.29) is 13.1 Å². The molecule has 2 aliphatic heterocycles. The first kappa shape index (κ1) is 15.9. The molecule has 0 radical (unpaired) electrons. The third kappa shape index (κ3) is 3.05. The molecule has 0 aromatic heterocycles. The lowest BCUT2D eigenvalue weighted by atomic mass is 10.0. The molecule has 1 atom stereocenters. The Morgan fingerprint density at radius 1 is 1.22 bits per heavy atom. The number of likely N-dealkylation sites (tertiary alicyclic amines) is 1. The highest BCUT2D eigenvalue weighted by Crippen LogP contribution is 2.31. The summed E-state index contributed by atoms with van der Waals surface area (Å²) in [5, 5.41) is 4.54. The zero-order valence-corrected chi connectivity index (χ0v) is 13.1. The fraction of sp³-hybridized carbons (Fsp3) is 0.429. The maximum Gasteiger partial charge on any atom is 0.341 e. The molecule has 1 aromatic rings. The summed E-state index contributed by atoms with van der Waals surface area (Å²) in [6.07, 6.45) is 2.98. The van der Waals surface area contributed by atoms with Crippen LogP contribution in [0.3, 0.4) is 0 Å². The van der Waals surface area contributed by atoms with Gasteiger partial charge in [-0.2, -0.15) is 5.10 Å². The van der Waals surface area contributed by atoms with Crippen molar-refractivity contribution in [2.24, 2.45) is 5.10 Å². The van der Waals surface area contributed by atoms with E-state index in [4.69, 9.17) is 0 Å². The topological polar surface area (TPSA) is 70.1 Å². The van der Waals surface area contributed by atoms with Crippen molar-refractivity contribution in [2.45, 2.75) is 17.7 Å². The van der Waals surface area contributed by atoms with Crippen LogP contribution in [-0.2, 0) is 9.84 Å². The quantitative estimate of drug-likeness (QED) is 0.818. The number of halogens is 2. The smallest absolute Gasteiger partial charge is 0.320 e. The van der Waals surface area contributed by atoms with Crippen LogP contribution in [0.4, 0.5) is 13.6 Å². The molecular formula is C14H15F2N3O3S. The summed E-state index contributed by atoms with van der Waals surface area (Å²) in [4.78, 5) is 13.8. The van der Waals surface area contributed by atoms with Gasteiger partial charge in [-0.15, -0.1) is 0 Å². The van der Waals surface area contributed by atoms with Crippen LogP contribution in [0, 0.1) is 11.6 Å². The van der Waals surface area contributed by atoms with Gasteiger partial charge in [0.1, 0.15) is 11.6 Å². The molecule has 6 nitrogen and oxygen atoms in total. The summed E-state index contributed by atoms with van der Waals surface area (Å²) >= 11 is 0. The van der Waals surface area contributed by atoms with Crippen molar-refractivity contribution in [1.29, 1.82) is 0 Å². The molecule has 23 heavy (non-hydrogen) atoms. The largest absolute Gasteiger partial charge is 0.341 e. The van der Waals surface area contributed by atoms with Gasteiger partial charge >= 0.3 is 6.03 Å². The van der Waals surface area contributed by atoms with Crippen LogP contribution in [-0.4, -0.2) is 55.2 Å². The van der Waals surface area contributed by atoms with Crippen LogP contribution in [0.2, 0.25) is 0 Å². The zero-order chi connectivity index (χ0) is 16.8. The molecule has 1 aromatic carbocycles. The first-order valence-electron chi connectivity index (χ1n) is 7.01.